The van der Waals surface area contributed by atoms with E-state index in [2.05, 4.69) is 58.1 Å². The Labute approximate surface area is 182 Å². The number of thioether (sulfide) groups is 1. The number of carbonyl (C=O) groups excluding carboxylic acids is 1. The second kappa shape index (κ2) is 10.9. The molecule has 1 heterocycles. The summed E-state index contributed by atoms with van der Waals surface area (Å²) in [7, 11) is 4.11. The van der Waals surface area contributed by atoms with Gasteiger partial charge in [0.1, 0.15) is 0 Å². The molecule has 0 aliphatic heterocycles. The SMILES string of the molecule is CC[C@H](c1nnc(SCC(=O)NCc2ccccc2)n1Cc1ccccc1)N(C)C. The molecular weight excluding hydrogens is 394 g/mol. The molecule has 3 aromatic rings. The Hall–Kier alpha value is -2.64. The summed E-state index contributed by atoms with van der Waals surface area (Å²) in [6.07, 6.45) is 0.933. The highest BCUT2D eigenvalue weighted by atomic mass is 32.2. The molecule has 158 valence electrons. The van der Waals surface area contributed by atoms with Crippen LogP contribution in [0.2, 0.25) is 0 Å². The fourth-order valence-electron chi connectivity index (χ4n) is 3.32. The van der Waals surface area contributed by atoms with E-state index in [0.717, 1.165) is 23.0 Å². The highest BCUT2D eigenvalue weighted by molar-refractivity contribution is 7.99. The van der Waals surface area contributed by atoms with Crippen molar-refractivity contribution in [3.63, 3.8) is 0 Å². The van der Waals surface area contributed by atoms with E-state index in [9.17, 15) is 4.79 Å². The van der Waals surface area contributed by atoms with E-state index >= 15 is 0 Å². The van der Waals surface area contributed by atoms with Crippen LogP contribution in [-0.4, -0.2) is 45.4 Å². The number of hydrogen-bond donors (Lipinski definition) is 1. The van der Waals surface area contributed by atoms with Gasteiger partial charge in [0, 0.05) is 6.54 Å². The first kappa shape index (κ1) is 22.1. The van der Waals surface area contributed by atoms with Crippen molar-refractivity contribution in [3.8, 4) is 0 Å². The third kappa shape index (κ3) is 5.93. The fraction of sp³-hybridized carbons (Fsp3) is 0.348. The molecule has 0 bridgehead atoms. The minimum Gasteiger partial charge on any atom is -0.351 e. The quantitative estimate of drug-likeness (QED) is 0.503. The van der Waals surface area contributed by atoms with E-state index < -0.39 is 0 Å². The van der Waals surface area contributed by atoms with Gasteiger partial charge in [-0.25, -0.2) is 0 Å². The van der Waals surface area contributed by atoms with E-state index in [1.807, 2.05) is 48.5 Å². The van der Waals surface area contributed by atoms with E-state index in [0.29, 0.717) is 18.8 Å². The number of benzene rings is 2. The van der Waals surface area contributed by atoms with Crippen molar-refractivity contribution in [1.82, 2.24) is 25.0 Å². The lowest BCUT2D eigenvalue weighted by Crippen LogP contribution is -2.25. The van der Waals surface area contributed by atoms with Crippen molar-refractivity contribution in [3.05, 3.63) is 77.6 Å². The zero-order chi connectivity index (χ0) is 21.3. The lowest BCUT2D eigenvalue weighted by atomic mass is 10.2. The molecule has 1 aromatic heterocycles. The Bertz CT molecular complexity index is 927. The van der Waals surface area contributed by atoms with Gasteiger partial charge in [-0.1, -0.05) is 79.3 Å². The van der Waals surface area contributed by atoms with E-state index in [1.54, 1.807) is 0 Å². The Balaban J connectivity index is 1.71. The molecular formula is C23H29N5OS. The Kier molecular flexibility index (Phi) is 8.04. The maximum absolute atomic E-state index is 12.4. The maximum Gasteiger partial charge on any atom is 0.230 e. The Morgan fingerprint density at radius 2 is 1.67 bits per heavy atom. The van der Waals surface area contributed by atoms with Crippen LogP contribution in [-0.2, 0) is 17.9 Å². The number of nitrogens with zero attached hydrogens (tertiary/aromatic N) is 4. The van der Waals surface area contributed by atoms with Gasteiger partial charge < -0.3 is 9.88 Å². The van der Waals surface area contributed by atoms with E-state index in [1.165, 1.54) is 17.3 Å². The molecule has 0 unspecified atom stereocenters. The smallest absolute Gasteiger partial charge is 0.230 e. The lowest BCUT2D eigenvalue weighted by molar-refractivity contribution is -0.118. The lowest BCUT2D eigenvalue weighted by Gasteiger charge is -2.23. The van der Waals surface area contributed by atoms with Gasteiger partial charge in [-0.05, 0) is 31.6 Å². The molecule has 2 aromatic carbocycles. The zero-order valence-electron chi connectivity index (χ0n) is 17.8. The van der Waals surface area contributed by atoms with Crippen LogP contribution < -0.4 is 5.32 Å². The van der Waals surface area contributed by atoms with Crippen molar-refractivity contribution in [2.75, 3.05) is 19.8 Å². The summed E-state index contributed by atoms with van der Waals surface area (Å²) in [6, 6.07) is 20.4. The van der Waals surface area contributed by atoms with Gasteiger partial charge >= 0.3 is 0 Å². The summed E-state index contributed by atoms with van der Waals surface area (Å²) < 4.78 is 2.14. The molecule has 30 heavy (non-hydrogen) atoms. The summed E-state index contributed by atoms with van der Waals surface area (Å²) in [4.78, 5) is 14.5. The van der Waals surface area contributed by atoms with Gasteiger partial charge in [0.05, 0.1) is 18.3 Å². The summed E-state index contributed by atoms with van der Waals surface area (Å²) in [5.41, 5.74) is 2.27. The second-order valence-electron chi connectivity index (χ2n) is 7.35. The monoisotopic (exact) mass is 423 g/mol. The predicted molar refractivity (Wildman–Crippen MR) is 121 cm³/mol. The molecule has 7 heteroatoms. The van der Waals surface area contributed by atoms with Crippen LogP contribution in [0.4, 0.5) is 0 Å². The molecule has 1 N–H and O–H groups in total. The average Bonchev–Trinajstić information content (AvgIpc) is 3.14. The van der Waals surface area contributed by atoms with E-state index in [-0.39, 0.29) is 11.9 Å². The molecule has 0 fully saturated rings. The Morgan fingerprint density at radius 3 is 2.27 bits per heavy atom. The summed E-state index contributed by atoms with van der Waals surface area (Å²) in [5.74, 6) is 1.22. The molecule has 0 spiro atoms. The van der Waals surface area contributed by atoms with Gasteiger partial charge in [-0.15, -0.1) is 10.2 Å². The molecule has 0 saturated carbocycles. The molecule has 0 saturated heterocycles. The molecule has 0 radical (unpaired) electrons. The second-order valence-corrected chi connectivity index (χ2v) is 8.29. The van der Waals surface area contributed by atoms with Crippen LogP contribution in [0.3, 0.4) is 0 Å². The van der Waals surface area contributed by atoms with E-state index in [4.69, 9.17) is 0 Å². The number of rotatable bonds is 10. The van der Waals surface area contributed by atoms with Crippen LogP contribution in [0.1, 0.15) is 36.3 Å². The topological polar surface area (TPSA) is 63.1 Å². The van der Waals surface area contributed by atoms with Crippen molar-refractivity contribution in [1.29, 1.82) is 0 Å². The summed E-state index contributed by atoms with van der Waals surface area (Å²) >= 11 is 1.43. The number of hydrogen-bond acceptors (Lipinski definition) is 5. The minimum absolute atomic E-state index is 0.0145. The third-order valence-corrected chi connectivity index (χ3v) is 5.87. The van der Waals surface area contributed by atoms with Crippen molar-refractivity contribution < 1.29 is 4.79 Å². The van der Waals surface area contributed by atoms with Crippen molar-refractivity contribution in [2.45, 2.75) is 37.6 Å². The highest BCUT2D eigenvalue weighted by Crippen LogP contribution is 2.26. The largest absolute Gasteiger partial charge is 0.351 e. The standard InChI is InChI=1S/C23H29N5OS/c1-4-20(27(2)3)22-25-26-23(28(22)16-19-13-9-6-10-14-19)30-17-21(29)24-15-18-11-7-5-8-12-18/h5-14,20H,4,15-17H2,1-3H3,(H,24,29)/t20-/m1/s1. The first-order chi connectivity index (χ1) is 14.6. The summed E-state index contributed by atoms with van der Waals surface area (Å²) in [5, 5.41) is 12.7. The van der Waals surface area contributed by atoms with Gasteiger partial charge in [0.25, 0.3) is 0 Å². The van der Waals surface area contributed by atoms with Crippen LogP contribution in [0.15, 0.2) is 65.8 Å². The normalized spacial score (nSPS) is 12.1. The predicted octanol–water partition coefficient (Wildman–Crippen LogP) is 3.75. The molecule has 1 amide bonds. The van der Waals surface area contributed by atoms with Gasteiger partial charge in [-0.3, -0.25) is 9.69 Å². The third-order valence-electron chi connectivity index (χ3n) is 4.90. The number of aromatic nitrogens is 3. The summed E-state index contributed by atoms with van der Waals surface area (Å²) in [6.45, 7) is 3.36. The van der Waals surface area contributed by atoms with Crippen LogP contribution in [0, 0.1) is 0 Å². The Morgan fingerprint density at radius 1 is 1.03 bits per heavy atom. The van der Waals surface area contributed by atoms with Gasteiger partial charge in [-0.2, -0.15) is 0 Å². The van der Waals surface area contributed by atoms with Crippen molar-refractivity contribution >= 4 is 17.7 Å². The van der Waals surface area contributed by atoms with Crippen molar-refractivity contribution in [2.24, 2.45) is 0 Å². The first-order valence-corrected chi connectivity index (χ1v) is 11.1. The number of carbonyl (C=O) groups is 1. The molecule has 0 aliphatic rings. The molecule has 1 atom stereocenters. The van der Waals surface area contributed by atoms with Gasteiger partial charge in [0.15, 0.2) is 11.0 Å². The molecule has 6 nitrogen and oxygen atoms in total. The van der Waals surface area contributed by atoms with Crippen LogP contribution in [0.25, 0.3) is 0 Å². The number of amides is 1. The molecule has 0 aliphatic carbocycles. The maximum atomic E-state index is 12.4. The minimum atomic E-state index is -0.0145. The number of nitrogens with one attached hydrogen (secondary N) is 1. The van der Waals surface area contributed by atoms with Gasteiger partial charge in [0.2, 0.25) is 5.91 Å². The highest BCUT2D eigenvalue weighted by Gasteiger charge is 2.22. The average molecular weight is 424 g/mol. The zero-order valence-corrected chi connectivity index (χ0v) is 18.6. The molecule has 3 rings (SSSR count). The first-order valence-electron chi connectivity index (χ1n) is 10.1. The van der Waals surface area contributed by atoms with Crippen LogP contribution in [0.5, 0.6) is 0 Å². The van der Waals surface area contributed by atoms with Crippen LogP contribution >= 0.6 is 11.8 Å². The fourth-order valence-corrected chi connectivity index (χ4v) is 4.10.